The van der Waals surface area contributed by atoms with E-state index in [1.165, 1.54) is 38.4 Å². The normalized spacial score (nSPS) is 11.5. The lowest BCUT2D eigenvalue weighted by molar-refractivity contribution is 0.866. The molecule has 4 aromatic carbocycles. The highest BCUT2D eigenvalue weighted by atomic mass is 15.1. The fourth-order valence-corrected chi connectivity index (χ4v) is 3.64. The Morgan fingerprint density at radius 2 is 1.15 bits per heavy atom. The van der Waals surface area contributed by atoms with E-state index in [1.807, 2.05) is 0 Å². The smallest absolute Gasteiger partial charge is 0.0366 e. The summed E-state index contributed by atoms with van der Waals surface area (Å²) in [6.45, 7) is 6.47. The van der Waals surface area contributed by atoms with Gasteiger partial charge in [0.2, 0.25) is 0 Å². The highest BCUT2D eigenvalue weighted by Gasteiger charge is 2.01. The molecule has 0 bridgehead atoms. The van der Waals surface area contributed by atoms with Crippen LogP contribution < -0.4 is 4.90 Å². The third-order valence-corrected chi connectivity index (χ3v) is 5.22. The summed E-state index contributed by atoms with van der Waals surface area (Å²) in [5.74, 6) is 0. The first-order chi connectivity index (χ1) is 13.3. The molecule has 0 N–H and O–H groups in total. The monoisotopic (exact) mass is 351 g/mol. The number of nitrogens with zero attached hydrogens (tertiary/aromatic N) is 1. The zero-order chi connectivity index (χ0) is 18.6. The van der Waals surface area contributed by atoms with Crippen molar-refractivity contribution in [2.45, 2.75) is 13.8 Å². The summed E-state index contributed by atoms with van der Waals surface area (Å²) in [6, 6.07) is 28.6. The average Bonchev–Trinajstić information content (AvgIpc) is 2.72. The molecule has 0 aliphatic heterocycles. The van der Waals surface area contributed by atoms with Gasteiger partial charge in [0.1, 0.15) is 0 Å². The van der Waals surface area contributed by atoms with Gasteiger partial charge < -0.3 is 4.90 Å². The highest BCUT2D eigenvalue weighted by Crippen LogP contribution is 2.24. The molecule has 134 valence electrons. The van der Waals surface area contributed by atoms with E-state index in [4.69, 9.17) is 0 Å². The maximum Gasteiger partial charge on any atom is 0.0366 e. The molecule has 0 amide bonds. The van der Waals surface area contributed by atoms with Crippen molar-refractivity contribution in [1.29, 1.82) is 0 Å². The molecule has 0 atom stereocenters. The molecule has 0 unspecified atom stereocenters. The second-order valence-electron chi connectivity index (χ2n) is 6.90. The molecule has 4 aromatic rings. The zero-order valence-corrected chi connectivity index (χ0v) is 16.0. The Morgan fingerprint density at radius 3 is 1.81 bits per heavy atom. The van der Waals surface area contributed by atoms with Crippen LogP contribution >= 0.6 is 0 Å². The van der Waals surface area contributed by atoms with Gasteiger partial charge in [-0.25, -0.2) is 0 Å². The molecule has 0 heterocycles. The molecule has 0 aliphatic rings. The molecular formula is C26H25N. The maximum absolute atomic E-state index is 2.36. The Labute approximate surface area is 161 Å². The summed E-state index contributed by atoms with van der Waals surface area (Å²) in [5, 5.41) is 5.15. The number of fused-ring (bicyclic) bond motifs is 2. The lowest BCUT2D eigenvalue weighted by atomic mass is 10.0. The topological polar surface area (TPSA) is 3.24 Å². The highest BCUT2D eigenvalue weighted by molar-refractivity contribution is 5.99. The minimum absolute atomic E-state index is 1.04. The summed E-state index contributed by atoms with van der Waals surface area (Å²) in [5.41, 5.74) is 3.74. The van der Waals surface area contributed by atoms with Crippen LogP contribution in [0.5, 0.6) is 0 Å². The van der Waals surface area contributed by atoms with Crippen molar-refractivity contribution in [1.82, 2.24) is 0 Å². The van der Waals surface area contributed by atoms with E-state index < -0.39 is 0 Å². The molecule has 0 saturated carbocycles. The second kappa shape index (κ2) is 7.67. The van der Waals surface area contributed by atoms with Crippen molar-refractivity contribution in [2.24, 2.45) is 0 Å². The minimum Gasteiger partial charge on any atom is -0.372 e. The van der Waals surface area contributed by atoms with Crippen molar-refractivity contribution in [2.75, 3.05) is 18.0 Å². The van der Waals surface area contributed by atoms with Gasteiger partial charge in [0, 0.05) is 18.8 Å². The van der Waals surface area contributed by atoms with Crippen LogP contribution in [0.25, 0.3) is 33.7 Å². The van der Waals surface area contributed by atoms with Crippen LogP contribution in [0.3, 0.4) is 0 Å². The van der Waals surface area contributed by atoms with Crippen LogP contribution in [0, 0.1) is 0 Å². The molecule has 4 rings (SSSR count). The predicted octanol–water partition coefficient (Wildman–Crippen LogP) is 7.01. The molecule has 27 heavy (non-hydrogen) atoms. The maximum atomic E-state index is 2.36. The van der Waals surface area contributed by atoms with Crippen LogP contribution in [0.2, 0.25) is 0 Å². The Hall–Kier alpha value is -3.06. The molecule has 0 radical (unpaired) electrons. The molecule has 0 spiro atoms. The molecule has 1 heteroatoms. The van der Waals surface area contributed by atoms with Gasteiger partial charge in [-0.3, -0.25) is 0 Å². The fourth-order valence-electron chi connectivity index (χ4n) is 3.64. The van der Waals surface area contributed by atoms with Crippen molar-refractivity contribution < 1.29 is 0 Å². The third-order valence-electron chi connectivity index (χ3n) is 5.22. The van der Waals surface area contributed by atoms with Crippen LogP contribution in [-0.2, 0) is 0 Å². The quantitative estimate of drug-likeness (QED) is 0.276. The van der Waals surface area contributed by atoms with Crippen LogP contribution in [0.4, 0.5) is 5.69 Å². The van der Waals surface area contributed by atoms with Gasteiger partial charge in [-0.05, 0) is 76.9 Å². The van der Waals surface area contributed by atoms with E-state index in [-0.39, 0.29) is 0 Å². The molecule has 0 fully saturated rings. The standard InChI is InChI=1S/C26H25N/c1-3-27(4-2)26-15-12-20(13-16-26)9-10-21-11-14-24-18-22-7-5-6-8-23(22)19-25(24)17-21/h5-19H,3-4H2,1-2H3. The van der Waals surface area contributed by atoms with Crippen LogP contribution in [0.1, 0.15) is 25.0 Å². The van der Waals surface area contributed by atoms with E-state index in [0.29, 0.717) is 0 Å². The Bertz CT molecular complexity index is 1090. The van der Waals surface area contributed by atoms with Crippen molar-refractivity contribution >= 4 is 39.4 Å². The Kier molecular flexibility index (Phi) is 4.93. The van der Waals surface area contributed by atoms with Crippen molar-refractivity contribution in [3.8, 4) is 0 Å². The number of anilines is 1. The van der Waals surface area contributed by atoms with Crippen molar-refractivity contribution in [3.05, 3.63) is 90.0 Å². The van der Waals surface area contributed by atoms with Gasteiger partial charge >= 0.3 is 0 Å². The van der Waals surface area contributed by atoms with Gasteiger partial charge in [-0.1, -0.05) is 60.7 Å². The number of hydrogen-bond donors (Lipinski definition) is 0. The molecule has 1 nitrogen and oxygen atoms in total. The lowest BCUT2D eigenvalue weighted by Crippen LogP contribution is -2.21. The summed E-state index contributed by atoms with van der Waals surface area (Å²) in [4.78, 5) is 2.36. The first-order valence-corrected chi connectivity index (χ1v) is 9.72. The first-order valence-electron chi connectivity index (χ1n) is 9.72. The number of hydrogen-bond acceptors (Lipinski definition) is 1. The Morgan fingerprint density at radius 1 is 0.593 bits per heavy atom. The van der Waals surface area contributed by atoms with E-state index >= 15 is 0 Å². The second-order valence-corrected chi connectivity index (χ2v) is 6.90. The first kappa shape index (κ1) is 17.4. The van der Waals surface area contributed by atoms with Gasteiger partial charge in [0.05, 0.1) is 0 Å². The predicted molar refractivity (Wildman–Crippen MR) is 120 cm³/mol. The fraction of sp³-hybridized carbons (Fsp3) is 0.154. The van der Waals surface area contributed by atoms with Gasteiger partial charge in [0.15, 0.2) is 0 Å². The zero-order valence-electron chi connectivity index (χ0n) is 16.0. The molecular weight excluding hydrogens is 326 g/mol. The van der Waals surface area contributed by atoms with Gasteiger partial charge in [-0.2, -0.15) is 0 Å². The van der Waals surface area contributed by atoms with E-state index in [0.717, 1.165) is 13.1 Å². The summed E-state index contributed by atoms with van der Waals surface area (Å²) >= 11 is 0. The van der Waals surface area contributed by atoms with Crippen LogP contribution in [-0.4, -0.2) is 13.1 Å². The summed E-state index contributed by atoms with van der Waals surface area (Å²) in [6.07, 6.45) is 4.38. The minimum atomic E-state index is 1.04. The molecule has 0 saturated heterocycles. The summed E-state index contributed by atoms with van der Waals surface area (Å²) in [7, 11) is 0. The number of rotatable bonds is 5. The van der Waals surface area contributed by atoms with E-state index in [2.05, 4.69) is 110 Å². The largest absolute Gasteiger partial charge is 0.372 e. The van der Waals surface area contributed by atoms with E-state index in [1.54, 1.807) is 0 Å². The SMILES string of the molecule is CCN(CC)c1ccc(C=Cc2ccc3cc4ccccc4cc3c2)cc1. The Balaban J connectivity index is 1.59. The molecule has 0 aromatic heterocycles. The third kappa shape index (κ3) is 3.73. The lowest BCUT2D eigenvalue weighted by Gasteiger charge is -2.20. The molecule has 0 aliphatic carbocycles. The van der Waals surface area contributed by atoms with Gasteiger partial charge in [-0.15, -0.1) is 0 Å². The van der Waals surface area contributed by atoms with Gasteiger partial charge in [0.25, 0.3) is 0 Å². The van der Waals surface area contributed by atoms with E-state index in [9.17, 15) is 0 Å². The summed E-state index contributed by atoms with van der Waals surface area (Å²) < 4.78 is 0. The number of benzene rings is 4. The van der Waals surface area contributed by atoms with Crippen molar-refractivity contribution in [3.63, 3.8) is 0 Å². The average molecular weight is 351 g/mol. The van der Waals surface area contributed by atoms with Crippen LogP contribution in [0.15, 0.2) is 78.9 Å².